The zero-order chi connectivity index (χ0) is 15.3. The van der Waals surface area contributed by atoms with Crippen LogP contribution in [0, 0.1) is 0 Å². The fourth-order valence-corrected chi connectivity index (χ4v) is 1.70. The van der Waals surface area contributed by atoms with Crippen molar-refractivity contribution in [2.45, 2.75) is 6.18 Å². The minimum absolute atomic E-state index is 0.223. The first-order valence-electron chi connectivity index (χ1n) is 5.95. The molecule has 0 atom stereocenters. The third-order valence-electron chi connectivity index (χ3n) is 2.74. The largest absolute Gasteiger partial charge is 0.480 e. The number of hydrazine groups is 1. The molecule has 116 valence electrons. The number of likely N-dealkylation sites (N-methyl/N-ethyl adjacent to an activating group) is 1. The lowest BCUT2D eigenvalue weighted by molar-refractivity contribution is -0.149. The highest BCUT2D eigenvalue weighted by atomic mass is 19.4. The highest BCUT2D eigenvalue weighted by Gasteiger charge is 2.34. The number of carboxylic acids is 1. The highest BCUT2D eigenvalue weighted by Crippen LogP contribution is 2.16. The van der Waals surface area contributed by atoms with Crippen LogP contribution in [-0.2, 0) is 4.79 Å². The van der Waals surface area contributed by atoms with Crippen molar-refractivity contribution >= 4 is 12.0 Å². The van der Waals surface area contributed by atoms with Gasteiger partial charge in [0, 0.05) is 26.2 Å². The Balaban J connectivity index is 2.56. The predicted octanol–water partition coefficient (Wildman–Crippen LogP) is -0.193. The number of halogens is 3. The van der Waals surface area contributed by atoms with Crippen molar-refractivity contribution in [1.82, 2.24) is 20.2 Å². The van der Waals surface area contributed by atoms with Gasteiger partial charge in [0.2, 0.25) is 0 Å². The van der Waals surface area contributed by atoms with Gasteiger partial charge in [-0.25, -0.2) is 9.80 Å². The third-order valence-corrected chi connectivity index (χ3v) is 2.74. The number of aliphatic carboxylic acids is 1. The SMILES string of the molecule is CN1CCN(NC(=O)N(CC(=O)O)CC(F)(F)F)CC1. The van der Waals surface area contributed by atoms with Gasteiger partial charge in [-0.3, -0.25) is 10.2 Å². The zero-order valence-electron chi connectivity index (χ0n) is 11.0. The number of nitrogens with zero attached hydrogens (tertiary/aromatic N) is 3. The number of nitrogens with one attached hydrogen (secondary N) is 1. The van der Waals surface area contributed by atoms with E-state index in [0.29, 0.717) is 26.2 Å². The minimum atomic E-state index is -4.64. The Bertz CT molecular complexity index is 356. The lowest BCUT2D eigenvalue weighted by Gasteiger charge is -2.34. The Kier molecular flexibility index (Phi) is 5.57. The number of alkyl halides is 3. The van der Waals surface area contributed by atoms with E-state index in [4.69, 9.17) is 5.11 Å². The summed E-state index contributed by atoms with van der Waals surface area (Å²) in [4.78, 5) is 24.5. The smallest absolute Gasteiger partial charge is 0.406 e. The Morgan fingerprint density at radius 2 is 1.80 bits per heavy atom. The lowest BCUT2D eigenvalue weighted by Crippen LogP contribution is -2.57. The number of carbonyl (C=O) groups excluding carboxylic acids is 1. The van der Waals surface area contributed by atoms with Crippen molar-refractivity contribution in [3.8, 4) is 0 Å². The van der Waals surface area contributed by atoms with Crippen LogP contribution >= 0.6 is 0 Å². The van der Waals surface area contributed by atoms with E-state index < -0.39 is 31.3 Å². The first-order chi connectivity index (χ1) is 9.17. The van der Waals surface area contributed by atoms with E-state index in [1.54, 1.807) is 0 Å². The Labute approximate surface area is 113 Å². The molecule has 0 saturated carbocycles. The third kappa shape index (κ3) is 6.06. The molecular weight excluding hydrogens is 281 g/mol. The number of urea groups is 1. The van der Waals surface area contributed by atoms with Crippen molar-refractivity contribution in [2.75, 3.05) is 46.3 Å². The molecule has 10 heteroatoms. The number of hydrogen-bond acceptors (Lipinski definition) is 4. The first kappa shape index (κ1) is 16.5. The van der Waals surface area contributed by atoms with Crippen LogP contribution < -0.4 is 5.43 Å². The molecule has 0 aromatic heterocycles. The molecule has 0 aliphatic carbocycles. The molecule has 0 bridgehead atoms. The van der Waals surface area contributed by atoms with Gasteiger partial charge in [0.05, 0.1) is 0 Å². The molecule has 0 unspecified atom stereocenters. The summed E-state index contributed by atoms with van der Waals surface area (Å²) in [6.07, 6.45) is -4.64. The standard InChI is InChI=1S/C10H17F3N4O3/c1-15-2-4-17(5-3-15)14-9(20)16(6-8(18)19)7-10(11,12)13/h2-7H2,1H3,(H,14,20)(H,18,19). The number of amides is 2. The molecule has 2 N–H and O–H groups in total. The number of piperazine rings is 1. The fraction of sp³-hybridized carbons (Fsp3) is 0.800. The topological polar surface area (TPSA) is 76.1 Å². The predicted molar refractivity (Wildman–Crippen MR) is 62.9 cm³/mol. The molecule has 2 amide bonds. The van der Waals surface area contributed by atoms with Gasteiger partial charge in [0.15, 0.2) is 0 Å². The van der Waals surface area contributed by atoms with Crippen LogP contribution in [0.1, 0.15) is 0 Å². The van der Waals surface area contributed by atoms with Gasteiger partial charge in [-0.2, -0.15) is 13.2 Å². The molecule has 0 aromatic rings. The molecule has 1 aliphatic rings. The number of carboxylic acid groups (broad SMARTS) is 1. The van der Waals surface area contributed by atoms with Crippen molar-refractivity contribution in [1.29, 1.82) is 0 Å². The summed E-state index contributed by atoms with van der Waals surface area (Å²) < 4.78 is 36.9. The number of hydrogen-bond donors (Lipinski definition) is 2. The van der Waals surface area contributed by atoms with Crippen LogP contribution in [0.15, 0.2) is 0 Å². The van der Waals surface area contributed by atoms with Crippen LogP contribution in [0.25, 0.3) is 0 Å². The second-order valence-electron chi connectivity index (χ2n) is 4.57. The summed E-state index contributed by atoms with van der Waals surface area (Å²) in [6.45, 7) is -0.334. The molecule has 7 nitrogen and oxygen atoms in total. The van der Waals surface area contributed by atoms with Gasteiger partial charge in [0.25, 0.3) is 0 Å². The minimum Gasteiger partial charge on any atom is -0.480 e. The van der Waals surface area contributed by atoms with E-state index in [-0.39, 0.29) is 4.90 Å². The molecule has 1 saturated heterocycles. The van der Waals surface area contributed by atoms with Crippen LogP contribution in [0.4, 0.5) is 18.0 Å². The van der Waals surface area contributed by atoms with E-state index >= 15 is 0 Å². The molecule has 1 rings (SSSR count). The van der Waals surface area contributed by atoms with E-state index in [2.05, 4.69) is 5.43 Å². The van der Waals surface area contributed by atoms with Crippen LogP contribution in [-0.4, -0.2) is 84.4 Å². The van der Waals surface area contributed by atoms with E-state index in [1.165, 1.54) is 5.01 Å². The van der Waals surface area contributed by atoms with Gasteiger partial charge in [-0.05, 0) is 7.05 Å². The fourth-order valence-electron chi connectivity index (χ4n) is 1.70. The van der Waals surface area contributed by atoms with E-state index in [1.807, 2.05) is 11.9 Å². The van der Waals surface area contributed by atoms with Crippen molar-refractivity contribution in [3.05, 3.63) is 0 Å². The molecule has 1 aliphatic heterocycles. The summed E-state index contributed by atoms with van der Waals surface area (Å²) >= 11 is 0. The maximum Gasteiger partial charge on any atom is 0.406 e. The van der Waals surface area contributed by atoms with E-state index in [9.17, 15) is 22.8 Å². The maximum absolute atomic E-state index is 12.3. The van der Waals surface area contributed by atoms with Crippen LogP contribution in [0.5, 0.6) is 0 Å². The Hall–Kier alpha value is -1.55. The molecule has 1 fully saturated rings. The molecule has 0 aromatic carbocycles. The summed E-state index contributed by atoms with van der Waals surface area (Å²) in [5.74, 6) is -1.50. The van der Waals surface area contributed by atoms with Gasteiger partial charge in [-0.1, -0.05) is 0 Å². The maximum atomic E-state index is 12.3. The molecule has 1 heterocycles. The summed E-state index contributed by atoms with van der Waals surface area (Å²) in [5, 5.41) is 10.0. The van der Waals surface area contributed by atoms with Gasteiger partial charge in [0.1, 0.15) is 13.1 Å². The Morgan fingerprint density at radius 3 is 2.25 bits per heavy atom. The summed E-state index contributed by atoms with van der Waals surface area (Å²) in [5.41, 5.74) is 2.30. The van der Waals surface area contributed by atoms with Gasteiger partial charge in [-0.15, -0.1) is 0 Å². The highest BCUT2D eigenvalue weighted by molar-refractivity contribution is 5.79. The normalized spacial score (nSPS) is 17.8. The molecule has 20 heavy (non-hydrogen) atoms. The van der Waals surface area contributed by atoms with Crippen LogP contribution in [0.2, 0.25) is 0 Å². The second kappa shape index (κ2) is 6.75. The van der Waals surface area contributed by atoms with Crippen LogP contribution in [0.3, 0.4) is 0 Å². The zero-order valence-corrected chi connectivity index (χ0v) is 11.0. The molecule has 0 spiro atoms. The summed E-state index contributed by atoms with van der Waals surface area (Å²) in [7, 11) is 1.89. The quantitative estimate of drug-likeness (QED) is 0.752. The second-order valence-corrected chi connectivity index (χ2v) is 4.57. The van der Waals surface area contributed by atoms with Crippen molar-refractivity contribution in [2.24, 2.45) is 0 Å². The monoisotopic (exact) mass is 298 g/mol. The Morgan fingerprint density at radius 1 is 1.25 bits per heavy atom. The van der Waals surface area contributed by atoms with Gasteiger partial charge < -0.3 is 14.9 Å². The summed E-state index contributed by atoms with van der Waals surface area (Å²) in [6, 6.07) is -1.06. The van der Waals surface area contributed by atoms with Gasteiger partial charge >= 0.3 is 18.2 Å². The number of rotatable bonds is 4. The lowest BCUT2D eigenvalue weighted by atomic mass is 10.4. The number of carbonyl (C=O) groups is 2. The van der Waals surface area contributed by atoms with Crippen molar-refractivity contribution in [3.63, 3.8) is 0 Å². The average Bonchev–Trinajstić information content (AvgIpc) is 2.29. The first-order valence-corrected chi connectivity index (χ1v) is 5.95. The van der Waals surface area contributed by atoms with E-state index in [0.717, 1.165) is 0 Å². The van der Waals surface area contributed by atoms with Crippen molar-refractivity contribution < 1.29 is 27.9 Å². The average molecular weight is 298 g/mol. The molecule has 0 radical (unpaired) electrons. The molecular formula is C10H17F3N4O3.